The van der Waals surface area contributed by atoms with E-state index in [0.29, 0.717) is 5.02 Å². The lowest BCUT2D eigenvalue weighted by atomic mass is 10.2. The second-order valence-electron chi connectivity index (χ2n) is 4.61. The van der Waals surface area contributed by atoms with Crippen molar-refractivity contribution in [3.8, 4) is 0 Å². The highest BCUT2D eigenvalue weighted by atomic mass is 35.5. The predicted molar refractivity (Wildman–Crippen MR) is 76.5 cm³/mol. The summed E-state index contributed by atoms with van der Waals surface area (Å²) in [6.07, 6.45) is 1.15. The first-order valence-corrected chi connectivity index (χ1v) is 6.44. The van der Waals surface area contributed by atoms with Gasteiger partial charge in [-0.15, -0.1) is 0 Å². The Bertz CT molecular complexity index is 839. The molecule has 21 heavy (non-hydrogen) atoms. The summed E-state index contributed by atoms with van der Waals surface area (Å²) in [5.41, 5.74) is -1.24. The Kier molecular flexibility index (Phi) is 4.09. The molecule has 0 radical (unpaired) electrons. The summed E-state index contributed by atoms with van der Waals surface area (Å²) in [6, 6.07) is 3.98. The molecular formula is C14H12ClFN2O3. The van der Waals surface area contributed by atoms with Crippen molar-refractivity contribution < 1.29 is 9.18 Å². The minimum Gasteiger partial charge on any atom is -0.295 e. The van der Waals surface area contributed by atoms with Crippen LogP contribution in [0.1, 0.15) is 22.8 Å². The van der Waals surface area contributed by atoms with Crippen molar-refractivity contribution >= 4 is 17.4 Å². The first-order chi connectivity index (χ1) is 9.81. The van der Waals surface area contributed by atoms with E-state index in [9.17, 15) is 18.8 Å². The van der Waals surface area contributed by atoms with Crippen LogP contribution in [-0.2, 0) is 13.6 Å². The molecule has 2 rings (SSSR count). The van der Waals surface area contributed by atoms with Crippen molar-refractivity contribution in [3.63, 3.8) is 0 Å². The molecule has 1 aromatic heterocycles. The first kappa shape index (κ1) is 15.2. The Hall–Kier alpha value is -2.21. The molecule has 0 atom stereocenters. The number of halogens is 2. The molecular weight excluding hydrogens is 299 g/mol. The van der Waals surface area contributed by atoms with Gasteiger partial charge in [-0.25, -0.2) is 9.18 Å². The average molecular weight is 311 g/mol. The summed E-state index contributed by atoms with van der Waals surface area (Å²) in [5.74, 6) is -0.986. The van der Waals surface area contributed by atoms with Crippen LogP contribution >= 0.6 is 11.6 Å². The van der Waals surface area contributed by atoms with E-state index in [1.165, 1.54) is 32.2 Å². The highest BCUT2D eigenvalue weighted by Crippen LogP contribution is 2.15. The largest absolute Gasteiger partial charge is 0.331 e. The molecule has 1 aromatic carbocycles. The zero-order valence-corrected chi connectivity index (χ0v) is 12.1. The fraction of sp³-hybridized carbons (Fsp3) is 0.214. The van der Waals surface area contributed by atoms with Crippen LogP contribution in [0.4, 0.5) is 4.39 Å². The van der Waals surface area contributed by atoms with Crippen LogP contribution in [0.5, 0.6) is 0 Å². The molecule has 0 amide bonds. The standard InChI is InChI=1S/C14H12ClFN2O3/c1-8(19)11-7-18(14(21)17(2)13(11)20)6-9-5-10(15)3-4-12(9)16/h3-5,7H,6H2,1-2H3. The average Bonchev–Trinajstić information content (AvgIpc) is 2.43. The highest BCUT2D eigenvalue weighted by molar-refractivity contribution is 6.30. The van der Waals surface area contributed by atoms with Gasteiger partial charge in [0.25, 0.3) is 5.56 Å². The second-order valence-corrected chi connectivity index (χ2v) is 5.05. The van der Waals surface area contributed by atoms with Crippen LogP contribution in [0.25, 0.3) is 0 Å². The summed E-state index contributed by atoms with van der Waals surface area (Å²) in [4.78, 5) is 35.2. The van der Waals surface area contributed by atoms with E-state index in [2.05, 4.69) is 0 Å². The van der Waals surface area contributed by atoms with E-state index in [0.717, 1.165) is 15.3 Å². The molecule has 1 heterocycles. The number of aromatic nitrogens is 2. The van der Waals surface area contributed by atoms with Crippen LogP contribution in [0.15, 0.2) is 34.0 Å². The third-order valence-electron chi connectivity index (χ3n) is 3.08. The number of benzene rings is 1. The monoisotopic (exact) mass is 310 g/mol. The van der Waals surface area contributed by atoms with E-state index in [1.54, 1.807) is 0 Å². The topological polar surface area (TPSA) is 61.1 Å². The van der Waals surface area contributed by atoms with Crippen LogP contribution < -0.4 is 11.2 Å². The van der Waals surface area contributed by atoms with Gasteiger partial charge < -0.3 is 0 Å². The Morgan fingerprint density at radius 3 is 2.62 bits per heavy atom. The Balaban J connectivity index is 2.60. The van der Waals surface area contributed by atoms with E-state index < -0.39 is 22.8 Å². The molecule has 2 aromatic rings. The minimum absolute atomic E-state index is 0.125. The van der Waals surface area contributed by atoms with Crippen molar-refractivity contribution in [1.82, 2.24) is 9.13 Å². The summed E-state index contributed by atoms with van der Waals surface area (Å²) < 4.78 is 15.6. The van der Waals surface area contributed by atoms with Gasteiger partial charge in [0.2, 0.25) is 0 Å². The van der Waals surface area contributed by atoms with E-state index in [4.69, 9.17) is 11.6 Å². The molecule has 110 valence electrons. The summed E-state index contributed by atoms with van der Waals surface area (Å²) in [6.45, 7) is 1.10. The van der Waals surface area contributed by atoms with Gasteiger partial charge in [0.05, 0.1) is 12.1 Å². The van der Waals surface area contributed by atoms with Gasteiger partial charge >= 0.3 is 5.69 Å². The minimum atomic E-state index is -0.671. The van der Waals surface area contributed by atoms with Crippen molar-refractivity contribution in [2.45, 2.75) is 13.5 Å². The van der Waals surface area contributed by atoms with Gasteiger partial charge in [0.15, 0.2) is 5.78 Å². The zero-order valence-electron chi connectivity index (χ0n) is 11.4. The molecule has 0 saturated carbocycles. The number of rotatable bonds is 3. The maximum Gasteiger partial charge on any atom is 0.331 e. The van der Waals surface area contributed by atoms with Crippen LogP contribution in [-0.4, -0.2) is 14.9 Å². The number of nitrogens with zero attached hydrogens (tertiary/aromatic N) is 2. The van der Waals surface area contributed by atoms with Crippen LogP contribution in [0, 0.1) is 5.82 Å². The number of hydrogen-bond donors (Lipinski definition) is 0. The molecule has 0 aliphatic heterocycles. The highest BCUT2D eigenvalue weighted by Gasteiger charge is 2.13. The van der Waals surface area contributed by atoms with E-state index in [1.807, 2.05) is 0 Å². The number of hydrogen-bond acceptors (Lipinski definition) is 3. The van der Waals surface area contributed by atoms with Gasteiger partial charge in [-0.1, -0.05) is 11.6 Å². The van der Waals surface area contributed by atoms with Crippen molar-refractivity contribution in [1.29, 1.82) is 0 Å². The Morgan fingerprint density at radius 1 is 1.33 bits per heavy atom. The predicted octanol–water partition coefficient (Wildman–Crippen LogP) is 1.59. The lowest BCUT2D eigenvalue weighted by Gasteiger charge is -2.10. The Labute approximate surface area is 124 Å². The number of ketones is 1. The summed E-state index contributed by atoms with van der Waals surface area (Å²) in [5, 5.41) is 0.330. The fourth-order valence-electron chi connectivity index (χ4n) is 1.93. The van der Waals surface area contributed by atoms with E-state index in [-0.39, 0.29) is 17.7 Å². The fourth-order valence-corrected chi connectivity index (χ4v) is 2.12. The summed E-state index contributed by atoms with van der Waals surface area (Å²) >= 11 is 5.80. The molecule has 5 nitrogen and oxygen atoms in total. The van der Waals surface area contributed by atoms with Gasteiger partial charge in [-0.05, 0) is 25.1 Å². The smallest absolute Gasteiger partial charge is 0.295 e. The van der Waals surface area contributed by atoms with Crippen molar-refractivity contribution in [2.24, 2.45) is 7.05 Å². The molecule has 0 N–H and O–H groups in total. The Morgan fingerprint density at radius 2 is 2.00 bits per heavy atom. The first-order valence-electron chi connectivity index (χ1n) is 6.06. The normalized spacial score (nSPS) is 10.7. The van der Waals surface area contributed by atoms with Crippen molar-refractivity contribution in [3.05, 3.63) is 67.2 Å². The molecule has 0 fully saturated rings. The maximum atomic E-state index is 13.7. The van der Waals surface area contributed by atoms with Gasteiger partial charge in [0.1, 0.15) is 5.82 Å². The van der Waals surface area contributed by atoms with Gasteiger partial charge in [-0.2, -0.15) is 0 Å². The van der Waals surface area contributed by atoms with E-state index >= 15 is 0 Å². The number of carbonyl (C=O) groups excluding carboxylic acids is 1. The van der Waals surface area contributed by atoms with Crippen LogP contribution in [0.3, 0.4) is 0 Å². The quantitative estimate of drug-likeness (QED) is 0.809. The third kappa shape index (κ3) is 2.95. The molecule has 0 saturated heterocycles. The molecule has 0 aliphatic rings. The van der Waals surface area contributed by atoms with Crippen LogP contribution in [0.2, 0.25) is 5.02 Å². The van der Waals surface area contributed by atoms with Gasteiger partial charge in [0, 0.05) is 23.8 Å². The maximum absolute atomic E-state index is 13.7. The molecule has 7 heteroatoms. The second kappa shape index (κ2) is 5.65. The SMILES string of the molecule is CC(=O)c1cn(Cc2cc(Cl)ccc2F)c(=O)n(C)c1=O. The van der Waals surface area contributed by atoms with Gasteiger partial charge in [-0.3, -0.25) is 18.7 Å². The third-order valence-corrected chi connectivity index (χ3v) is 3.32. The lowest BCUT2D eigenvalue weighted by Crippen LogP contribution is -2.40. The molecule has 0 spiro atoms. The van der Waals surface area contributed by atoms with Crippen molar-refractivity contribution in [2.75, 3.05) is 0 Å². The summed E-state index contributed by atoms with van der Waals surface area (Å²) in [7, 11) is 1.27. The molecule has 0 unspecified atom stereocenters. The zero-order chi connectivity index (χ0) is 15.7. The molecule has 0 bridgehead atoms. The lowest BCUT2D eigenvalue weighted by molar-refractivity contribution is 0.101. The number of Topliss-reactive ketones (excluding diaryl/α,β-unsaturated/α-hetero) is 1. The molecule has 0 aliphatic carbocycles. The number of carbonyl (C=O) groups is 1.